The van der Waals surface area contributed by atoms with Gasteiger partial charge in [-0.3, -0.25) is 14.4 Å². The highest BCUT2D eigenvalue weighted by Crippen LogP contribution is 2.59. The standard InChI is InChI=1S/C16H22O7/c1-4-7(2)14(17)22-12-8-5-9-11(16(19)23-13(9)12)10(8)15(18)21-6-20-3/h7-13H,4-6H2,1-3H3. The lowest BCUT2D eigenvalue weighted by Gasteiger charge is -2.30. The van der Waals surface area contributed by atoms with Gasteiger partial charge >= 0.3 is 17.9 Å². The molecule has 0 spiro atoms. The van der Waals surface area contributed by atoms with Crippen LogP contribution in [0.2, 0.25) is 0 Å². The van der Waals surface area contributed by atoms with Crippen LogP contribution in [0.1, 0.15) is 26.7 Å². The van der Waals surface area contributed by atoms with Crippen LogP contribution in [-0.2, 0) is 33.3 Å². The fourth-order valence-corrected chi connectivity index (χ4v) is 4.10. The summed E-state index contributed by atoms with van der Waals surface area (Å²) in [7, 11) is 1.42. The van der Waals surface area contributed by atoms with E-state index in [4.69, 9.17) is 18.9 Å². The van der Waals surface area contributed by atoms with E-state index < -0.39 is 30.0 Å². The molecule has 3 rings (SSSR count). The van der Waals surface area contributed by atoms with E-state index in [-0.39, 0.29) is 36.5 Å². The zero-order chi connectivity index (χ0) is 16.7. The van der Waals surface area contributed by atoms with Gasteiger partial charge in [-0.15, -0.1) is 0 Å². The Balaban J connectivity index is 1.77. The molecular weight excluding hydrogens is 304 g/mol. The lowest BCUT2D eigenvalue weighted by Crippen LogP contribution is -2.44. The largest absolute Gasteiger partial charge is 0.458 e. The normalized spacial score (nSPS) is 38.3. The lowest BCUT2D eigenvalue weighted by molar-refractivity contribution is -0.172. The molecule has 23 heavy (non-hydrogen) atoms. The number of carbonyl (C=O) groups is 3. The number of carbonyl (C=O) groups excluding carboxylic acids is 3. The van der Waals surface area contributed by atoms with Crippen molar-refractivity contribution in [2.45, 2.75) is 38.9 Å². The Morgan fingerprint density at radius 1 is 1.35 bits per heavy atom. The molecule has 0 aromatic rings. The molecule has 1 heterocycles. The first-order chi connectivity index (χ1) is 11.0. The van der Waals surface area contributed by atoms with Gasteiger partial charge in [0.1, 0.15) is 12.2 Å². The van der Waals surface area contributed by atoms with Gasteiger partial charge in [-0.05, 0) is 12.8 Å². The Morgan fingerprint density at radius 3 is 2.74 bits per heavy atom. The van der Waals surface area contributed by atoms with Gasteiger partial charge in [0.25, 0.3) is 0 Å². The minimum Gasteiger partial charge on any atom is -0.458 e. The van der Waals surface area contributed by atoms with Gasteiger partial charge in [0, 0.05) is 18.9 Å². The van der Waals surface area contributed by atoms with Crippen molar-refractivity contribution in [3.8, 4) is 0 Å². The van der Waals surface area contributed by atoms with E-state index in [0.717, 1.165) is 0 Å². The molecule has 7 unspecified atom stereocenters. The summed E-state index contributed by atoms with van der Waals surface area (Å²) >= 11 is 0. The number of ether oxygens (including phenoxy) is 4. The third-order valence-electron chi connectivity index (χ3n) is 5.40. The third kappa shape index (κ3) is 2.51. The Labute approximate surface area is 134 Å². The molecule has 7 heteroatoms. The predicted molar refractivity (Wildman–Crippen MR) is 75.8 cm³/mol. The molecule has 1 aliphatic heterocycles. The summed E-state index contributed by atoms with van der Waals surface area (Å²) in [6, 6.07) is 0. The molecule has 1 saturated heterocycles. The maximum absolute atomic E-state index is 12.3. The minimum absolute atomic E-state index is 0.0673. The zero-order valence-electron chi connectivity index (χ0n) is 13.5. The Bertz CT molecular complexity index is 517. The molecular formula is C16H22O7. The van der Waals surface area contributed by atoms with E-state index in [2.05, 4.69) is 0 Å². The Morgan fingerprint density at radius 2 is 2.09 bits per heavy atom. The Kier molecular flexibility index (Phi) is 4.31. The van der Waals surface area contributed by atoms with E-state index in [0.29, 0.717) is 12.8 Å². The van der Waals surface area contributed by atoms with Crippen molar-refractivity contribution in [1.29, 1.82) is 0 Å². The molecule has 2 aliphatic carbocycles. The van der Waals surface area contributed by atoms with E-state index in [1.807, 2.05) is 6.92 Å². The second-order valence-corrected chi connectivity index (χ2v) is 6.60. The highest BCUT2D eigenvalue weighted by molar-refractivity contribution is 5.86. The SMILES string of the molecule is CCC(C)C(=O)OC1C2CC3C1OC(=O)C3C2C(=O)OCOC. The number of methoxy groups -OCH3 is 1. The van der Waals surface area contributed by atoms with Crippen molar-refractivity contribution in [2.75, 3.05) is 13.9 Å². The van der Waals surface area contributed by atoms with Crippen LogP contribution < -0.4 is 0 Å². The number of fused-ring (bicyclic) bond motifs is 1. The fraction of sp³-hybridized carbons (Fsp3) is 0.812. The van der Waals surface area contributed by atoms with Crippen LogP contribution in [0.15, 0.2) is 0 Å². The van der Waals surface area contributed by atoms with Crippen LogP contribution in [-0.4, -0.2) is 44.0 Å². The van der Waals surface area contributed by atoms with Gasteiger partial charge < -0.3 is 18.9 Å². The molecule has 2 bridgehead atoms. The van der Waals surface area contributed by atoms with E-state index in [1.54, 1.807) is 6.92 Å². The summed E-state index contributed by atoms with van der Waals surface area (Å²) in [4.78, 5) is 36.5. The van der Waals surface area contributed by atoms with Gasteiger partial charge in [-0.2, -0.15) is 0 Å². The minimum atomic E-state index is -0.615. The van der Waals surface area contributed by atoms with Gasteiger partial charge in [-0.25, -0.2) is 0 Å². The first-order valence-corrected chi connectivity index (χ1v) is 8.06. The average Bonchev–Trinajstić information content (AvgIpc) is 3.14. The second kappa shape index (κ2) is 6.11. The van der Waals surface area contributed by atoms with Crippen LogP contribution in [0.3, 0.4) is 0 Å². The molecule has 0 N–H and O–H groups in total. The predicted octanol–water partition coefficient (Wildman–Crippen LogP) is 0.899. The maximum Gasteiger partial charge on any atom is 0.312 e. The van der Waals surface area contributed by atoms with Crippen molar-refractivity contribution in [2.24, 2.45) is 29.6 Å². The number of hydrogen-bond acceptors (Lipinski definition) is 7. The molecule has 0 amide bonds. The third-order valence-corrected chi connectivity index (χ3v) is 5.40. The van der Waals surface area contributed by atoms with Crippen molar-refractivity contribution < 1.29 is 33.3 Å². The van der Waals surface area contributed by atoms with Gasteiger partial charge in [0.2, 0.25) is 0 Å². The highest BCUT2D eigenvalue weighted by Gasteiger charge is 2.70. The second-order valence-electron chi connectivity index (χ2n) is 6.60. The zero-order valence-corrected chi connectivity index (χ0v) is 13.5. The summed E-state index contributed by atoms with van der Waals surface area (Å²) in [6.45, 7) is 3.54. The highest BCUT2D eigenvalue weighted by atomic mass is 16.7. The monoisotopic (exact) mass is 326 g/mol. The molecule has 0 aromatic carbocycles. The molecule has 0 radical (unpaired) electrons. The average molecular weight is 326 g/mol. The molecule has 7 nitrogen and oxygen atoms in total. The van der Waals surface area contributed by atoms with E-state index in [1.165, 1.54) is 7.11 Å². The molecule has 128 valence electrons. The molecule has 0 aromatic heterocycles. The number of esters is 3. The summed E-state index contributed by atoms with van der Waals surface area (Å²) in [5, 5.41) is 0. The van der Waals surface area contributed by atoms with Crippen LogP contribution in [0, 0.1) is 29.6 Å². The first kappa shape index (κ1) is 16.2. The summed E-state index contributed by atoms with van der Waals surface area (Å²) < 4.78 is 20.8. The smallest absolute Gasteiger partial charge is 0.312 e. The summed E-state index contributed by atoms with van der Waals surface area (Å²) in [5.74, 6) is -2.78. The quantitative estimate of drug-likeness (QED) is 0.407. The molecule has 7 atom stereocenters. The Hall–Kier alpha value is -1.63. The summed E-state index contributed by atoms with van der Waals surface area (Å²) in [5.41, 5.74) is 0. The van der Waals surface area contributed by atoms with Crippen LogP contribution >= 0.6 is 0 Å². The molecule has 3 fully saturated rings. The van der Waals surface area contributed by atoms with E-state index in [9.17, 15) is 14.4 Å². The van der Waals surface area contributed by atoms with Gasteiger partial charge in [0.05, 0.1) is 17.8 Å². The first-order valence-electron chi connectivity index (χ1n) is 8.06. The molecule has 3 aliphatic rings. The summed E-state index contributed by atoms with van der Waals surface area (Å²) in [6.07, 6.45) is 0.347. The lowest BCUT2D eigenvalue weighted by atomic mass is 9.78. The van der Waals surface area contributed by atoms with Crippen LogP contribution in [0.5, 0.6) is 0 Å². The maximum atomic E-state index is 12.3. The van der Waals surface area contributed by atoms with Crippen LogP contribution in [0.4, 0.5) is 0 Å². The van der Waals surface area contributed by atoms with Gasteiger partial charge in [0.15, 0.2) is 6.79 Å². The van der Waals surface area contributed by atoms with Crippen LogP contribution in [0.25, 0.3) is 0 Å². The number of hydrogen-bond donors (Lipinski definition) is 0. The van der Waals surface area contributed by atoms with Crippen molar-refractivity contribution in [3.05, 3.63) is 0 Å². The van der Waals surface area contributed by atoms with Crippen molar-refractivity contribution in [1.82, 2.24) is 0 Å². The van der Waals surface area contributed by atoms with Gasteiger partial charge in [-0.1, -0.05) is 13.8 Å². The molecule has 2 saturated carbocycles. The van der Waals surface area contributed by atoms with E-state index >= 15 is 0 Å². The fourth-order valence-electron chi connectivity index (χ4n) is 4.10. The number of rotatable bonds is 6. The van der Waals surface area contributed by atoms with Crippen molar-refractivity contribution in [3.63, 3.8) is 0 Å². The topological polar surface area (TPSA) is 88.1 Å². The van der Waals surface area contributed by atoms with Crippen molar-refractivity contribution >= 4 is 17.9 Å².